The third kappa shape index (κ3) is 4.37. The standard InChI is InChI=1S/C24H20N2O4S2/c1-2-30-18-13-11-17(12-14-18)25-21(27)15-19(22(25)28)26-23(29)20(32-24(26)31)10-6-9-16-7-4-3-5-8-16/h3-14,19H,2,15H2,1H3/b9-6+,20-10-/t19-/m0/s1. The van der Waals surface area contributed by atoms with Gasteiger partial charge in [-0.2, -0.15) is 0 Å². The first kappa shape index (κ1) is 22.0. The first-order chi connectivity index (χ1) is 15.5. The van der Waals surface area contributed by atoms with Crippen molar-refractivity contribution in [1.82, 2.24) is 4.90 Å². The molecule has 2 heterocycles. The Labute approximate surface area is 195 Å². The van der Waals surface area contributed by atoms with Crippen LogP contribution in [-0.2, 0) is 14.4 Å². The molecule has 0 bridgehead atoms. The molecule has 0 unspecified atom stereocenters. The minimum Gasteiger partial charge on any atom is -0.494 e. The molecule has 2 aliphatic heterocycles. The second-order valence-electron chi connectivity index (χ2n) is 7.06. The van der Waals surface area contributed by atoms with Crippen LogP contribution in [0.2, 0.25) is 0 Å². The maximum Gasteiger partial charge on any atom is 0.266 e. The average molecular weight is 465 g/mol. The Morgan fingerprint density at radius 1 is 1.09 bits per heavy atom. The van der Waals surface area contributed by atoms with Crippen molar-refractivity contribution in [2.75, 3.05) is 11.5 Å². The number of carbonyl (C=O) groups excluding carboxylic acids is 3. The highest BCUT2D eigenvalue weighted by Gasteiger charge is 2.48. The van der Waals surface area contributed by atoms with Crippen molar-refractivity contribution in [2.45, 2.75) is 19.4 Å². The van der Waals surface area contributed by atoms with Crippen molar-refractivity contribution in [3.05, 3.63) is 77.2 Å². The summed E-state index contributed by atoms with van der Waals surface area (Å²) in [6.45, 7) is 2.39. The van der Waals surface area contributed by atoms with Crippen LogP contribution in [-0.4, -0.2) is 39.6 Å². The summed E-state index contributed by atoms with van der Waals surface area (Å²) in [5.41, 5.74) is 1.44. The normalized spacial score (nSPS) is 20.3. The third-order valence-electron chi connectivity index (χ3n) is 5.00. The maximum atomic E-state index is 13.1. The first-order valence-corrected chi connectivity index (χ1v) is 11.3. The van der Waals surface area contributed by atoms with Gasteiger partial charge < -0.3 is 4.74 Å². The third-order valence-corrected chi connectivity index (χ3v) is 6.35. The van der Waals surface area contributed by atoms with E-state index in [2.05, 4.69) is 0 Å². The SMILES string of the molecule is CCOc1ccc(N2C(=O)C[C@H](N3C(=O)/C(=C/C=C/c4ccccc4)SC3=S)C2=O)cc1. The molecule has 0 aromatic heterocycles. The highest BCUT2D eigenvalue weighted by Crippen LogP contribution is 2.36. The molecule has 8 heteroatoms. The number of benzene rings is 2. The number of thioether (sulfide) groups is 1. The number of anilines is 1. The van der Waals surface area contributed by atoms with Gasteiger partial charge in [0, 0.05) is 0 Å². The lowest BCUT2D eigenvalue weighted by Gasteiger charge is -2.21. The highest BCUT2D eigenvalue weighted by atomic mass is 32.2. The largest absolute Gasteiger partial charge is 0.494 e. The summed E-state index contributed by atoms with van der Waals surface area (Å²) in [5, 5.41) is 0. The predicted molar refractivity (Wildman–Crippen MR) is 129 cm³/mol. The summed E-state index contributed by atoms with van der Waals surface area (Å²) >= 11 is 6.50. The molecule has 1 atom stereocenters. The highest BCUT2D eigenvalue weighted by molar-refractivity contribution is 8.26. The fourth-order valence-corrected chi connectivity index (χ4v) is 4.83. The molecule has 3 amide bonds. The summed E-state index contributed by atoms with van der Waals surface area (Å²) < 4.78 is 5.68. The van der Waals surface area contributed by atoms with E-state index in [1.165, 1.54) is 4.90 Å². The molecule has 2 aliphatic rings. The van der Waals surface area contributed by atoms with Crippen molar-refractivity contribution in [2.24, 2.45) is 0 Å². The summed E-state index contributed by atoms with van der Waals surface area (Å²) in [5.74, 6) is -0.544. The van der Waals surface area contributed by atoms with Crippen LogP contribution in [0.15, 0.2) is 71.7 Å². The van der Waals surface area contributed by atoms with Crippen LogP contribution in [0.4, 0.5) is 5.69 Å². The van der Waals surface area contributed by atoms with Crippen LogP contribution in [0.3, 0.4) is 0 Å². The van der Waals surface area contributed by atoms with Gasteiger partial charge in [-0.1, -0.05) is 66.5 Å². The fraction of sp³-hybridized carbons (Fsp3) is 0.167. The quantitative estimate of drug-likeness (QED) is 0.363. The molecule has 2 saturated heterocycles. The van der Waals surface area contributed by atoms with Gasteiger partial charge >= 0.3 is 0 Å². The molecule has 2 aromatic carbocycles. The van der Waals surface area contributed by atoms with Crippen LogP contribution in [0.1, 0.15) is 18.9 Å². The molecule has 4 rings (SSSR count). The van der Waals surface area contributed by atoms with Gasteiger partial charge in [-0.25, -0.2) is 4.90 Å². The molecule has 162 valence electrons. The molecule has 0 saturated carbocycles. The average Bonchev–Trinajstić information content (AvgIpc) is 3.23. The van der Waals surface area contributed by atoms with Crippen molar-refractivity contribution in [3.8, 4) is 5.75 Å². The van der Waals surface area contributed by atoms with Crippen LogP contribution in [0.5, 0.6) is 5.75 Å². The molecular formula is C24H20N2O4S2. The minimum absolute atomic E-state index is 0.106. The summed E-state index contributed by atoms with van der Waals surface area (Å²) in [6.07, 6.45) is 5.23. The Morgan fingerprint density at radius 3 is 2.50 bits per heavy atom. The maximum absolute atomic E-state index is 13.1. The van der Waals surface area contributed by atoms with Gasteiger partial charge in [0.15, 0.2) is 0 Å². The van der Waals surface area contributed by atoms with Gasteiger partial charge in [-0.05, 0) is 42.8 Å². The Morgan fingerprint density at radius 2 is 1.81 bits per heavy atom. The Bertz CT molecular complexity index is 1130. The van der Waals surface area contributed by atoms with Gasteiger partial charge in [0.25, 0.3) is 11.8 Å². The second-order valence-corrected chi connectivity index (χ2v) is 8.73. The van der Waals surface area contributed by atoms with Gasteiger partial charge in [0.05, 0.1) is 23.6 Å². The summed E-state index contributed by atoms with van der Waals surface area (Å²) in [7, 11) is 0. The van der Waals surface area contributed by atoms with Crippen LogP contribution in [0.25, 0.3) is 6.08 Å². The van der Waals surface area contributed by atoms with Gasteiger partial charge in [-0.15, -0.1) is 0 Å². The lowest BCUT2D eigenvalue weighted by molar-refractivity contribution is -0.130. The zero-order chi connectivity index (χ0) is 22.7. The van der Waals surface area contributed by atoms with Crippen LogP contribution < -0.4 is 9.64 Å². The van der Waals surface area contributed by atoms with Gasteiger partial charge in [0.2, 0.25) is 5.91 Å². The van der Waals surface area contributed by atoms with E-state index < -0.39 is 11.9 Å². The molecule has 0 spiro atoms. The van der Waals surface area contributed by atoms with E-state index in [1.807, 2.05) is 43.3 Å². The number of hydrogen-bond donors (Lipinski definition) is 0. The lowest BCUT2D eigenvalue weighted by Crippen LogP contribution is -2.44. The first-order valence-electron chi connectivity index (χ1n) is 10.1. The Kier molecular flexibility index (Phi) is 6.53. The molecule has 2 fully saturated rings. The Balaban J connectivity index is 1.51. The van der Waals surface area contributed by atoms with Gasteiger partial charge in [0.1, 0.15) is 16.1 Å². The number of carbonyl (C=O) groups is 3. The molecule has 0 N–H and O–H groups in total. The van der Waals surface area contributed by atoms with Crippen LogP contribution >= 0.6 is 24.0 Å². The predicted octanol–water partition coefficient (Wildman–Crippen LogP) is 4.17. The van der Waals surface area contributed by atoms with E-state index in [-0.39, 0.29) is 22.6 Å². The molecule has 6 nitrogen and oxygen atoms in total. The van der Waals surface area contributed by atoms with E-state index in [0.717, 1.165) is 22.2 Å². The molecular weight excluding hydrogens is 444 g/mol. The number of imide groups is 1. The second kappa shape index (κ2) is 9.50. The lowest BCUT2D eigenvalue weighted by atomic mass is 10.2. The fourth-order valence-electron chi connectivity index (χ4n) is 3.52. The minimum atomic E-state index is -0.939. The zero-order valence-corrected chi connectivity index (χ0v) is 18.9. The molecule has 0 radical (unpaired) electrons. The van der Waals surface area contributed by atoms with Crippen LogP contribution in [0, 0.1) is 0 Å². The number of rotatable bonds is 6. The van der Waals surface area contributed by atoms with E-state index in [1.54, 1.807) is 36.4 Å². The smallest absolute Gasteiger partial charge is 0.266 e. The van der Waals surface area contributed by atoms with Crippen molar-refractivity contribution in [1.29, 1.82) is 0 Å². The van der Waals surface area contributed by atoms with Crippen molar-refractivity contribution < 1.29 is 19.1 Å². The van der Waals surface area contributed by atoms with E-state index >= 15 is 0 Å². The van der Waals surface area contributed by atoms with E-state index in [9.17, 15) is 14.4 Å². The molecule has 0 aliphatic carbocycles. The molecule has 32 heavy (non-hydrogen) atoms. The number of nitrogens with zero attached hydrogens (tertiary/aromatic N) is 2. The summed E-state index contributed by atoms with van der Waals surface area (Å²) in [6, 6.07) is 15.5. The molecule has 2 aromatic rings. The number of ether oxygens (including phenoxy) is 1. The zero-order valence-electron chi connectivity index (χ0n) is 17.3. The van der Waals surface area contributed by atoms with E-state index in [4.69, 9.17) is 17.0 Å². The topological polar surface area (TPSA) is 66.9 Å². The number of amides is 3. The summed E-state index contributed by atoms with van der Waals surface area (Å²) in [4.78, 5) is 41.5. The van der Waals surface area contributed by atoms with Crippen molar-refractivity contribution in [3.63, 3.8) is 0 Å². The van der Waals surface area contributed by atoms with Gasteiger partial charge in [-0.3, -0.25) is 19.3 Å². The number of hydrogen-bond acceptors (Lipinski definition) is 6. The number of allylic oxidation sites excluding steroid dienone is 2. The Hall–Kier alpha value is -3.23. The van der Waals surface area contributed by atoms with E-state index in [0.29, 0.717) is 22.9 Å². The van der Waals surface area contributed by atoms with Crippen molar-refractivity contribution >= 4 is 57.8 Å². The number of thiocarbonyl (C=S) groups is 1. The monoisotopic (exact) mass is 464 g/mol.